The van der Waals surface area contributed by atoms with Gasteiger partial charge in [0.15, 0.2) is 5.82 Å². The topological polar surface area (TPSA) is 87.4 Å². The van der Waals surface area contributed by atoms with Crippen LogP contribution in [0.5, 0.6) is 0 Å². The van der Waals surface area contributed by atoms with Crippen molar-refractivity contribution in [2.45, 2.75) is 69.4 Å². The van der Waals surface area contributed by atoms with Gasteiger partial charge in [-0.25, -0.2) is 0 Å². The standard InChI is InChI=1S/C32H42N6O2/c39-32(40)30(26-14-8-3-9-15-26)37-22-28(29(23-37)25-12-6-2-7-13-25)21-36-18-16-27(17-19-36)31-33-35-38(34-31)20-24-10-4-1-5-11-24/h1-2,4-7,10-13,26-30H,3,8-9,14-23H2,(H,39,40)/t28-,29?,30+/m0/s1. The highest BCUT2D eigenvalue weighted by Crippen LogP contribution is 2.39. The molecule has 2 saturated heterocycles. The molecule has 3 aliphatic rings. The number of rotatable bonds is 9. The van der Waals surface area contributed by atoms with Crippen LogP contribution in [-0.2, 0) is 11.3 Å². The lowest BCUT2D eigenvalue weighted by atomic mass is 9.83. The number of tetrazole rings is 1. The van der Waals surface area contributed by atoms with Crippen molar-refractivity contribution in [3.05, 3.63) is 77.6 Å². The average Bonchev–Trinajstić information content (AvgIpc) is 3.62. The van der Waals surface area contributed by atoms with Crippen molar-refractivity contribution in [3.63, 3.8) is 0 Å². The summed E-state index contributed by atoms with van der Waals surface area (Å²) in [6, 6.07) is 20.7. The Morgan fingerprint density at radius 3 is 2.30 bits per heavy atom. The van der Waals surface area contributed by atoms with E-state index in [1.165, 1.54) is 17.5 Å². The molecule has 3 atom stereocenters. The summed E-state index contributed by atoms with van der Waals surface area (Å²) in [6.07, 6.45) is 7.73. The summed E-state index contributed by atoms with van der Waals surface area (Å²) in [4.78, 5) is 19.1. The predicted molar refractivity (Wildman–Crippen MR) is 154 cm³/mol. The van der Waals surface area contributed by atoms with Gasteiger partial charge in [-0.05, 0) is 66.9 Å². The maximum atomic E-state index is 12.5. The molecule has 0 spiro atoms. The van der Waals surface area contributed by atoms with E-state index in [-0.39, 0.29) is 12.0 Å². The number of benzene rings is 2. The zero-order valence-electron chi connectivity index (χ0n) is 23.4. The van der Waals surface area contributed by atoms with Gasteiger partial charge in [-0.2, -0.15) is 4.80 Å². The fourth-order valence-corrected chi connectivity index (χ4v) is 7.44. The summed E-state index contributed by atoms with van der Waals surface area (Å²) in [5.41, 5.74) is 2.52. The van der Waals surface area contributed by atoms with Gasteiger partial charge < -0.3 is 10.0 Å². The van der Waals surface area contributed by atoms with E-state index >= 15 is 0 Å². The summed E-state index contributed by atoms with van der Waals surface area (Å²) in [6.45, 7) is 5.38. The molecule has 0 bridgehead atoms. The number of aromatic nitrogens is 4. The van der Waals surface area contributed by atoms with Crippen molar-refractivity contribution in [3.8, 4) is 0 Å². The minimum Gasteiger partial charge on any atom is -0.480 e. The Labute approximate surface area is 237 Å². The van der Waals surface area contributed by atoms with E-state index < -0.39 is 5.97 Å². The summed E-state index contributed by atoms with van der Waals surface area (Å²) >= 11 is 0. The maximum Gasteiger partial charge on any atom is 0.321 e. The molecule has 3 heterocycles. The first kappa shape index (κ1) is 27.1. The summed E-state index contributed by atoms with van der Waals surface area (Å²) in [5, 5.41) is 23.7. The first-order valence-electron chi connectivity index (χ1n) is 15.2. The number of piperidine rings is 1. The van der Waals surface area contributed by atoms with Crippen LogP contribution >= 0.6 is 0 Å². The summed E-state index contributed by atoms with van der Waals surface area (Å²) in [7, 11) is 0. The molecule has 0 radical (unpaired) electrons. The molecule has 1 aliphatic carbocycles. The summed E-state index contributed by atoms with van der Waals surface area (Å²) in [5.74, 6) is 1.64. The number of nitrogens with zero attached hydrogens (tertiary/aromatic N) is 6. The van der Waals surface area contributed by atoms with Gasteiger partial charge in [0, 0.05) is 31.5 Å². The molecule has 3 fully saturated rings. The molecule has 1 aromatic heterocycles. The molecule has 0 amide bonds. The summed E-state index contributed by atoms with van der Waals surface area (Å²) < 4.78 is 0. The Morgan fingerprint density at radius 1 is 0.900 bits per heavy atom. The van der Waals surface area contributed by atoms with Crippen LogP contribution < -0.4 is 0 Å². The van der Waals surface area contributed by atoms with Crippen LogP contribution in [0.2, 0.25) is 0 Å². The number of hydrogen-bond donors (Lipinski definition) is 1. The first-order chi connectivity index (χ1) is 19.6. The molecule has 3 aromatic rings. The van der Waals surface area contributed by atoms with Gasteiger partial charge in [-0.1, -0.05) is 79.9 Å². The van der Waals surface area contributed by atoms with Gasteiger partial charge >= 0.3 is 5.97 Å². The van der Waals surface area contributed by atoms with Crippen LogP contribution in [0.15, 0.2) is 60.7 Å². The Kier molecular flexibility index (Phi) is 8.54. The van der Waals surface area contributed by atoms with Crippen LogP contribution in [0.1, 0.15) is 73.7 Å². The number of carboxylic acid groups (broad SMARTS) is 1. The highest BCUT2D eigenvalue weighted by atomic mass is 16.4. The molecule has 1 N–H and O–H groups in total. The fraction of sp³-hybridized carbons (Fsp3) is 0.562. The average molecular weight is 543 g/mol. The minimum atomic E-state index is -0.631. The number of hydrogen-bond acceptors (Lipinski definition) is 6. The van der Waals surface area contributed by atoms with Crippen LogP contribution in [0.4, 0.5) is 0 Å². The van der Waals surface area contributed by atoms with E-state index in [2.05, 4.69) is 62.6 Å². The lowest BCUT2D eigenvalue weighted by Gasteiger charge is -2.35. The van der Waals surface area contributed by atoms with E-state index in [0.717, 1.165) is 77.1 Å². The van der Waals surface area contributed by atoms with Crippen molar-refractivity contribution in [2.24, 2.45) is 11.8 Å². The van der Waals surface area contributed by atoms with E-state index in [4.69, 9.17) is 5.10 Å². The molecule has 8 nitrogen and oxygen atoms in total. The SMILES string of the molecule is O=C(O)[C@@H](C1CCCCC1)N1CC(c2ccccc2)[C@@H](CN2CCC(c3nnn(Cc4ccccc4)n3)CC2)C1. The van der Waals surface area contributed by atoms with E-state index in [0.29, 0.717) is 24.3 Å². The highest BCUT2D eigenvalue weighted by Gasteiger charge is 2.43. The van der Waals surface area contributed by atoms with Crippen molar-refractivity contribution >= 4 is 5.97 Å². The fourth-order valence-electron chi connectivity index (χ4n) is 7.44. The molecule has 2 aromatic carbocycles. The third-order valence-corrected chi connectivity index (χ3v) is 9.52. The van der Waals surface area contributed by atoms with Gasteiger partial charge in [0.2, 0.25) is 0 Å². The minimum absolute atomic E-state index is 0.278. The van der Waals surface area contributed by atoms with Gasteiger partial charge in [0.1, 0.15) is 6.04 Å². The molecule has 8 heteroatoms. The van der Waals surface area contributed by atoms with Crippen LogP contribution in [0, 0.1) is 11.8 Å². The quantitative estimate of drug-likeness (QED) is 0.421. The van der Waals surface area contributed by atoms with Crippen molar-refractivity contribution < 1.29 is 9.90 Å². The Bertz CT molecular complexity index is 1220. The smallest absolute Gasteiger partial charge is 0.321 e. The van der Waals surface area contributed by atoms with Gasteiger partial charge in [0.05, 0.1) is 6.54 Å². The van der Waals surface area contributed by atoms with E-state index in [1.807, 2.05) is 18.2 Å². The number of carboxylic acids is 1. The second-order valence-electron chi connectivity index (χ2n) is 12.2. The molecule has 1 unspecified atom stereocenters. The van der Waals surface area contributed by atoms with E-state index in [9.17, 15) is 9.90 Å². The lowest BCUT2D eigenvalue weighted by Crippen LogP contribution is -2.46. The van der Waals surface area contributed by atoms with Gasteiger partial charge in [0.25, 0.3) is 0 Å². The Morgan fingerprint density at radius 2 is 1.60 bits per heavy atom. The Balaban J connectivity index is 1.09. The molecule has 1 saturated carbocycles. The maximum absolute atomic E-state index is 12.5. The third kappa shape index (κ3) is 6.28. The number of aliphatic carboxylic acids is 1. The van der Waals surface area contributed by atoms with E-state index in [1.54, 1.807) is 4.80 Å². The lowest BCUT2D eigenvalue weighted by molar-refractivity contribution is -0.145. The van der Waals surface area contributed by atoms with Crippen LogP contribution in [0.25, 0.3) is 0 Å². The molecular formula is C32H42N6O2. The zero-order chi connectivity index (χ0) is 27.3. The number of carbonyl (C=O) groups is 1. The second-order valence-corrected chi connectivity index (χ2v) is 12.2. The van der Waals surface area contributed by atoms with Crippen molar-refractivity contribution in [1.29, 1.82) is 0 Å². The van der Waals surface area contributed by atoms with Crippen molar-refractivity contribution in [2.75, 3.05) is 32.7 Å². The predicted octanol–water partition coefficient (Wildman–Crippen LogP) is 4.65. The highest BCUT2D eigenvalue weighted by molar-refractivity contribution is 5.74. The molecule has 40 heavy (non-hydrogen) atoms. The third-order valence-electron chi connectivity index (χ3n) is 9.52. The zero-order valence-corrected chi connectivity index (χ0v) is 23.4. The molecule has 2 aliphatic heterocycles. The normalized spacial score (nSPS) is 24.3. The van der Waals surface area contributed by atoms with Crippen LogP contribution in [0.3, 0.4) is 0 Å². The number of likely N-dealkylation sites (tertiary alicyclic amines) is 2. The molecular weight excluding hydrogens is 500 g/mol. The van der Waals surface area contributed by atoms with Gasteiger partial charge in [-0.15, -0.1) is 10.2 Å². The molecule has 212 valence electrons. The van der Waals surface area contributed by atoms with Gasteiger partial charge in [-0.3, -0.25) is 9.69 Å². The first-order valence-corrected chi connectivity index (χ1v) is 15.2. The van der Waals surface area contributed by atoms with Crippen molar-refractivity contribution in [1.82, 2.24) is 30.0 Å². The second kappa shape index (κ2) is 12.6. The Hall–Kier alpha value is -3.10. The largest absolute Gasteiger partial charge is 0.480 e. The monoisotopic (exact) mass is 542 g/mol. The molecule has 6 rings (SSSR count). The van der Waals surface area contributed by atoms with Crippen LogP contribution in [-0.4, -0.2) is 79.8 Å².